The summed E-state index contributed by atoms with van der Waals surface area (Å²) in [6.45, 7) is 7.87. The molecule has 34 heavy (non-hydrogen) atoms. The number of rotatable bonds is 8. The lowest BCUT2D eigenvalue weighted by Gasteiger charge is -2.14. The summed E-state index contributed by atoms with van der Waals surface area (Å²) >= 11 is 3.38. The van der Waals surface area contributed by atoms with Crippen LogP contribution < -0.4 is 10.2 Å². The van der Waals surface area contributed by atoms with Crippen molar-refractivity contribution in [3.8, 4) is 11.5 Å². The molecule has 7 heteroatoms. The first-order chi connectivity index (χ1) is 16.2. The van der Waals surface area contributed by atoms with Gasteiger partial charge < -0.3 is 9.84 Å². The SMILES string of the molecule is C/C(=N\NC(=O)COc1cc(C)ccc1C(C)C)c1ccc(N=Cc2cc(Br)ccc2O)cc1. The van der Waals surface area contributed by atoms with Crippen LogP contribution in [-0.2, 0) is 4.79 Å². The van der Waals surface area contributed by atoms with E-state index >= 15 is 0 Å². The van der Waals surface area contributed by atoms with E-state index in [-0.39, 0.29) is 18.3 Å². The maximum atomic E-state index is 12.3. The third kappa shape index (κ3) is 7.02. The maximum absolute atomic E-state index is 12.3. The average molecular weight is 522 g/mol. The minimum Gasteiger partial charge on any atom is -0.507 e. The second-order valence-electron chi connectivity index (χ2n) is 8.23. The summed E-state index contributed by atoms with van der Waals surface area (Å²) in [5, 5.41) is 14.1. The Morgan fingerprint density at radius 1 is 1.12 bits per heavy atom. The normalized spacial score (nSPS) is 11.8. The largest absolute Gasteiger partial charge is 0.507 e. The predicted octanol–water partition coefficient (Wildman–Crippen LogP) is 6.26. The zero-order valence-electron chi connectivity index (χ0n) is 19.7. The molecule has 3 aromatic rings. The van der Waals surface area contributed by atoms with E-state index in [1.807, 2.05) is 56.3 Å². The van der Waals surface area contributed by atoms with Gasteiger partial charge in [-0.3, -0.25) is 9.79 Å². The van der Waals surface area contributed by atoms with Crippen molar-refractivity contribution in [2.45, 2.75) is 33.6 Å². The number of phenols is 1. The van der Waals surface area contributed by atoms with E-state index in [0.717, 1.165) is 32.6 Å². The van der Waals surface area contributed by atoms with E-state index < -0.39 is 0 Å². The zero-order valence-corrected chi connectivity index (χ0v) is 21.3. The Morgan fingerprint density at radius 3 is 2.56 bits per heavy atom. The summed E-state index contributed by atoms with van der Waals surface area (Å²) < 4.78 is 6.62. The molecule has 0 saturated carbocycles. The van der Waals surface area contributed by atoms with Crippen molar-refractivity contribution in [1.29, 1.82) is 0 Å². The van der Waals surface area contributed by atoms with E-state index in [1.54, 1.807) is 24.4 Å². The highest BCUT2D eigenvalue weighted by atomic mass is 79.9. The van der Waals surface area contributed by atoms with Crippen molar-refractivity contribution in [1.82, 2.24) is 5.43 Å². The van der Waals surface area contributed by atoms with Gasteiger partial charge in [-0.05, 0) is 72.9 Å². The lowest BCUT2D eigenvalue weighted by Crippen LogP contribution is -2.26. The number of halogens is 1. The van der Waals surface area contributed by atoms with Crippen LogP contribution in [0.1, 0.15) is 48.9 Å². The van der Waals surface area contributed by atoms with Gasteiger partial charge in [-0.2, -0.15) is 5.10 Å². The molecular weight excluding hydrogens is 494 g/mol. The molecule has 0 heterocycles. The van der Waals surface area contributed by atoms with Crippen molar-refractivity contribution in [2.24, 2.45) is 10.1 Å². The van der Waals surface area contributed by atoms with Crippen LogP contribution in [0.15, 0.2) is 75.2 Å². The highest BCUT2D eigenvalue weighted by Gasteiger charge is 2.10. The number of hydrogen-bond donors (Lipinski definition) is 2. The molecule has 176 valence electrons. The Hall–Kier alpha value is -3.45. The number of amides is 1. The Kier molecular flexibility index (Phi) is 8.60. The minimum atomic E-state index is -0.328. The molecule has 0 unspecified atom stereocenters. The molecule has 3 rings (SSSR count). The van der Waals surface area contributed by atoms with Gasteiger partial charge in [-0.15, -0.1) is 0 Å². The maximum Gasteiger partial charge on any atom is 0.277 e. The predicted molar refractivity (Wildman–Crippen MR) is 141 cm³/mol. The molecule has 1 amide bonds. The number of hydrazone groups is 1. The lowest BCUT2D eigenvalue weighted by molar-refractivity contribution is -0.123. The van der Waals surface area contributed by atoms with Crippen LogP contribution in [0.3, 0.4) is 0 Å². The first kappa shape index (κ1) is 25.2. The van der Waals surface area contributed by atoms with Gasteiger partial charge >= 0.3 is 0 Å². The third-order valence-electron chi connectivity index (χ3n) is 5.13. The molecule has 0 fully saturated rings. The molecule has 6 nitrogen and oxygen atoms in total. The van der Waals surface area contributed by atoms with Crippen molar-refractivity contribution in [2.75, 3.05) is 6.61 Å². The Balaban J connectivity index is 1.58. The van der Waals surface area contributed by atoms with Crippen molar-refractivity contribution >= 4 is 39.5 Å². The summed E-state index contributed by atoms with van der Waals surface area (Å²) in [6.07, 6.45) is 1.61. The fraction of sp³-hybridized carbons (Fsp3) is 0.222. The molecule has 2 N–H and O–H groups in total. The number of carbonyl (C=O) groups is 1. The molecule has 0 aliphatic carbocycles. The molecule has 0 saturated heterocycles. The molecule has 3 aromatic carbocycles. The number of aryl methyl sites for hydroxylation is 1. The van der Waals surface area contributed by atoms with Crippen LogP contribution in [0, 0.1) is 6.92 Å². The van der Waals surface area contributed by atoms with Crippen LogP contribution in [0.5, 0.6) is 11.5 Å². The van der Waals surface area contributed by atoms with Crippen LogP contribution >= 0.6 is 15.9 Å². The summed E-state index contributed by atoms with van der Waals surface area (Å²) in [4.78, 5) is 16.7. The first-order valence-electron chi connectivity index (χ1n) is 10.9. The molecule has 0 aliphatic heterocycles. The fourth-order valence-electron chi connectivity index (χ4n) is 3.19. The van der Waals surface area contributed by atoms with Gasteiger partial charge in [-0.1, -0.05) is 54.0 Å². The summed E-state index contributed by atoms with van der Waals surface area (Å²) in [5.74, 6) is 0.851. The number of aliphatic imine (C=N–C) groups is 1. The molecule has 0 aromatic heterocycles. The van der Waals surface area contributed by atoms with E-state index in [4.69, 9.17) is 4.74 Å². The number of benzene rings is 3. The topological polar surface area (TPSA) is 83.3 Å². The van der Waals surface area contributed by atoms with Crippen molar-refractivity contribution in [3.63, 3.8) is 0 Å². The second-order valence-corrected chi connectivity index (χ2v) is 9.14. The number of nitrogens with one attached hydrogen (secondary N) is 1. The number of phenolic OH excluding ortho intramolecular Hbond substituents is 1. The van der Waals surface area contributed by atoms with Crippen molar-refractivity contribution < 1.29 is 14.6 Å². The van der Waals surface area contributed by atoms with Gasteiger partial charge in [0.05, 0.1) is 11.4 Å². The van der Waals surface area contributed by atoms with Crippen LogP contribution in [0.4, 0.5) is 5.69 Å². The molecular formula is C27H28BrN3O3. The Labute approximate surface area is 208 Å². The van der Waals surface area contributed by atoms with E-state index in [2.05, 4.69) is 45.3 Å². The zero-order chi connectivity index (χ0) is 24.7. The van der Waals surface area contributed by atoms with Gasteiger partial charge in [0.25, 0.3) is 5.91 Å². The first-order valence-corrected chi connectivity index (χ1v) is 11.7. The molecule has 0 spiro atoms. The van der Waals surface area contributed by atoms with Crippen LogP contribution in [-0.4, -0.2) is 29.5 Å². The number of aromatic hydroxyl groups is 1. The van der Waals surface area contributed by atoms with Gasteiger partial charge in [-0.25, -0.2) is 5.43 Å². The summed E-state index contributed by atoms with van der Waals surface area (Å²) in [7, 11) is 0. The monoisotopic (exact) mass is 521 g/mol. The van der Waals surface area contributed by atoms with Gasteiger partial charge in [0.2, 0.25) is 0 Å². The lowest BCUT2D eigenvalue weighted by atomic mass is 10.0. The minimum absolute atomic E-state index is 0.115. The van der Waals surface area contributed by atoms with Gasteiger partial charge in [0.1, 0.15) is 11.5 Å². The van der Waals surface area contributed by atoms with Gasteiger partial charge in [0.15, 0.2) is 6.61 Å². The Bertz CT molecular complexity index is 1220. The molecule has 0 radical (unpaired) electrons. The Morgan fingerprint density at radius 2 is 1.85 bits per heavy atom. The summed E-state index contributed by atoms with van der Waals surface area (Å²) in [6, 6.07) is 18.6. The average Bonchev–Trinajstić information content (AvgIpc) is 2.82. The van der Waals surface area contributed by atoms with E-state index in [0.29, 0.717) is 17.2 Å². The number of carbonyl (C=O) groups excluding carboxylic acids is 1. The number of ether oxygens (including phenoxy) is 1. The quantitative estimate of drug-likeness (QED) is 0.271. The number of nitrogens with zero attached hydrogens (tertiary/aromatic N) is 2. The van der Waals surface area contributed by atoms with Crippen LogP contribution in [0.2, 0.25) is 0 Å². The summed E-state index contributed by atoms with van der Waals surface area (Å²) in [5.41, 5.74) is 7.55. The van der Waals surface area contributed by atoms with E-state index in [1.165, 1.54) is 0 Å². The molecule has 0 bridgehead atoms. The number of hydrogen-bond acceptors (Lipinski definition) is 5. The smallest absolute Gasteiger partial charge is 0.277 e. The van der Waals surface area contributed by atoms with E-state index in [9.17, 15) is 9.90 Å². The van der Waals surface area contributed by atoms with Crippen molar-refractivity contribution in [3.05, 3.63) is 87.4 Å². The van der Waals surface area contributed by atoms with Gasteiger partial charge in [0, 0.05) is 16.3 Å². The van der Waals surface area contributed by atoms with Crippen LogP contribution in [0.25, 0.3) is 0 Å². The standard InChI is InChI=1S/C27H28BrN3O3/c1-17(2)24-11-5-18(3)13-26(24)34-16-27(33)31-30-19(4)20-6-9-23(10-7-20)29-15-21-14-22(28)8-12-25(21)32/h5-15,17,32H,16H2,1-4H3,(H,31,33)/b29-15?,30-19+. The highest BCUT2D eigenvalue weighted by molar-refractivity contribution is 9.10. The molecule has 0 atom stereocenters. The fourth-order valence-corrected chi connectivity index (χ4v) is 3.57. The third-order valence-corrected chi connectivity index (χ3v) is 5.62. The highest BCUT2D eigenvalue weighted by Crippen LogP contribution is 2.27. The second kappa shape index (κ2) is 11.6. The molecule has 0 aliphatic rings.